The molecule has 0 atom stereocenters. The fourth-order valence-electron chi connectivity index (χ4n) is 4.42. The number of ether oxygens (including phenoxy) is 1. The molecule has 1 amide bonds. The third kappa shape index (κ3) is 3.72. The summed E-state index contributed by atoms with van der Waals surface area (Å²) in [6.45, 7) is 3.88. The van der Waals surface area contributed by atoms with Crippen LogP contribution in [-0.4, -0.2) is 55.5 Å². The van der Waals surface area contributed by atoms with E-state index >= 15 is 0 Å². The maximum absolute atomic E-state index is 13.0. The molecule has 2 aromatic rings. The first kappa shape index (κ1) is 18.4. The Balaban J connectivity index is 1.56. The number of H-pyrrole nitrogens is 1. The van der Waals surface area contributed by atoms with Gasteiger partial charge in [-0.15, -0.1) is 4.40 Å². The van der Waals surface area contributed by atoms with Crippen molar-refractivity contribution in [1.82, 2.24) is 10.3 Å². The topological polar surface area (TPSA) is 82.9 Å². The number of aliphatic hydroxyl groups is 1. The Labute approximate surface area is 159 Å². The molecule has 1 saturated heterocycles. The number of quaternary nitrogens is 1. The number of aromatic amines is 1. The van der Waals surface area contributed by atoms with Crippen molar-refractivity contribution >= 4 is 17.4 Å². The number of nitrogens with one attached hydrogen (secondary N) is 3. The van der Waals surface area contributed by atoms with E-state index in [-0.39, 0.29) is 17.9 Å². The van der Waals surface area contributed by atoms with Gasteiger partial charge >= 0.3 is 5.95 Å². The Kier molecular flexibility index (Phi) is 5.43. The molecule has 2 fully saturated rings. The van der Waals surface area contributed by atoms with Gasteiger partial charge in [0.1, 0.15) is 19.3 Å². The number of imidazole rings is 1. The van der Waals surface area contributed by atoms with Gasteiger partial charge in [0.25, 0.3) is 5.91 Å². The first-order valence-corrected chi connectivity index (χ1v) is 10.1. The highest BCUT2D eigenvalue weighted by Crippen LogP contribution is 2.35. The van der Waals surface area contributed by atoms with Gasteiger partial charge in [0, 0.05) is 12.0 Å². The molecule has 4 N–H and O–H groups in total. The normalized spacial score (nSPS) is 20.6. The Morgan fingerprint density at radius 2 is 2.04 bits per heavy atom. The quantitative estimate of drug-likeness (QED) is 0.555. The predicted molar refractivity (Wildman–Crippen MR) is 100 cm³/mol. The smallest absolute Gasteiger partial charge is 0.396 e. The Bertz CT molecular complexity index is 792. The molecule has 2 aliphatic rings. The van der Waals surface area contributed by atoms with Crippen molar-refractivity contribution < 1.29 is 23.9 Å². The van der Waals surface area contributed by atoms with E-state index in [0.29, 0.717) is 12.2 Å². The lowest BCUT2D eigenvalue weighted by Crippen LogP contribution is -3.11. The van der Waals surface area contributed by atoms with Crippen LogP contribution in [0.5, 0.6) is 0 Å². The van der Waals surface area contributed by atoms with E-state index in [0.717, 1.165) is 63.5 Å². The zero-order valence-corrected chi connectivity index (χ0v) is 15.8. The summed E-state index contributed by atoms with van der Waals surface area (Å²) in [5.74, 6) is 0.893. The average Bonchev–Trinajstić information content (AvgIpc) is 3.13. The van der Waals surface area contributed by atoms with Crippen molar-refractivity contribution in [2.45, 2.75) is 32.1 Å². The molecule has 1 saturated carbocycles. The molecule has 4 rings (SSSR count). The van der Waals surface area contributed by atoms with Gasteiger partial charge in [0.15, 0.2) is 5.52 Å². The maximum Gasteiger partial charge on any atom is 0.457 e. The van der Waals surface area contributed by atoms with Gasteiger partial charge < -0.3 is 15.2 Å². The molecule has 0 bridgehead atoms. The second-order valence-electron chi connectivity index (χ2n) is 7.92. The van der Waals surface area contributed by atoms with Crippen LogP contribution >= 0.6 is 0 Å². The average molecular weight is 374 g/mol. The molecule has 1 aliphatic heterocycles. The van der Waals surface area contributed by atoms with Crippen LogP contribution in [0, 0.1) is 5.41 Å². The molecule has 1 aliphatic carbocycles. The number of hydrogen-bond acceptors (Lipinski definition) is 3. The van der Waals surface area contributed by atoms with Gasteiger partial charge in [-0.1, -0.05) is 25.3 Å². The van der Waals surface area contributed by atoms with E-state index in [1.165, 1.54) is 11.3 Å². The lowest BCUT2D eigenvalue weighted by atomic mass is 9.74. The number of pyridine rings is 1. The highest BCUT2D eigenvalue weighted by atomic mass is 16.5. The molecule has 0 spiro atoms. The van der Waals surface area contributed by atoms with E-state index in [2.05, 4.69) is 14.7 Å². The number of rotatable bonds is 5. The summed E-state index contributed by atoms with van der Waals surface area (Å²) in [6.07, 6.45) is 7.43. The predicted octanol–water partition coefficient (Wildman–Crippen LogP) is -0.0274. The number of aromatic nitrogens is 2. The Hall–Kier alpha value is -1.96. The molecule has 7 heteroatoms. The number of morpholine rings is 1. The van der Waals surface area contributed by atoms with Crippen LogP contribution in [0.4, 0.5) is 5.95 Å². The largest absolute Gasteiger partial charge is 0.457 e. The van der Waals surface area contributed by atoms with E-state index < -0.39 is 0 Å². The summed E-state index contributed by atoms with van der Waals surface area (Å²) in [5.41, 5.74) is 1.31. The second kappa shape index (κ2) is 7.96. The molecular weight excluding hydrogens is 344 g/mol. The van der Waals surface area contributed by atoms with Gasteiger partial charge in [-0.2, -0.15) is 4.98 Å². The minimum absolute atomic E-state index is 0.101. The number of fused-ring (bicyclic) bond motifs is 1. The molecule has 27 heavy (non-hydrogen) atoms. The van der Waals surface area contributed by atoms with Crippen molar-refractivity contribution in [2.24, 2.45) is 5.41 Å². The molecule has 0 radical (unpaired) electrons. The van der Waals surface area contributed by atoms with E-state index in [1.807, 2.05) is 24.4 Å². The summed E-state index contributed by atoms with van der Waals surface area (Å²) < 4.78 is 7.54. The fourth-order valence-corrected chi connectivity index (χ4v) is 4.42. The first-order chi connectivity index (χ1) is 13.2. The zero-order valence-electron chi connectivity index (χ0n) is 15.8. The van der Waals surface area contributed by atoms with E-state index in [1.54, 1.807) is 0 Å². The molecule has 3 heterocycles. The summed E-state index contributed by atoms with van der Waals surface area (Å²) in [4.78, 5) is 17.6. The summed E-state index contributed by atoms with van der Waals surface area (Å²) in [6, 6.07) is 5.90. The fraction of sp³-hybridized carbons (Fsp3) is 0.600. The summed E-state index contributed by atoms with van der Waals surface area (Å²) in [5, 5.41) is 13.0. The minimum atomic E-state index is -0.165. The van der Waals surface area contributed by atoms with Gasteiger partial charge in [-0.3, -0.25) is 4.79 Å². The highest BCUT2D eigenvalue weighted by molar-refractivity contribution is 5.98. The van der Waals surface area contributed by atoms with Crippen molar-refractivity contribution in [2.75, 3.05) is 39.5 Å². The molecule has 0 aromatic carbocycles. The number of carbonyl (C=O) groups excluding carboxylic acids is 1. The van der Waals surface area contributed by atoms with Crippen LogP contribution < -0.4 is 14.6 Å². The summed E-state index contributed by atoms with van der Waals surface area (Å²) >= 11 is 0. The lowest BCUT2D eigenvalue weighted by Gasteiger charge is -2.35. The van der Waals surface area contributed by atoms with Gasteiger partial charge in [0.2, 0.25) is 5.69 Å². The van der Waals surface area contributed by atoms with E-state index in [9.17, 15) is 9.90 Å². The Morgan fingerprint density at radius 1 is 1.26 bits per heavy atom. The number of nitrogens with zero attached hydrogens (tertiary/aromatic N) is 1. The number of aliphatic hydroxyl groups excluding tert-OH is 1. The SMILES string of the molecule is O=C(NCC1(CO)CCCCC1)c1[nH]c([NH+]2CCOCC2)[n+]2ccccc12. The van der Waals surface area contributed by atoms with Gasteiger partial charge in [0.05, 0.1) is 19.8 Å². The first-order valence-electron chi connectivity index (χ1n) is 10.1. The third-order valence-electron chi connectivity index (χ3n) is 6.13. The van der Waals surface area contributed by atoms with Crippen molar-refractivity contribution in [3.8, 4) is 0 Å². The van der Waals surface area contributed by atoms with Crippen LogP contribution in [-0.2, 0) is 4.74 Å². The van der Waals surface area contributed by atoms with Crippen LogP contribution in [0.25, 0.3) is 5.52 Å². The molecule has 146 valence electrons. The monoisotopic (exact) mass is 374 g/mol. The lowest BCUT2D eigenvalue weighted by molar-refractivity contribution is -0.889. The molecule has 2 aromatic heterocycles. The third-order valence-corrected chi connectivity index (χ3v) is 6.13. The van der Waals surface area contributed by atoms with Crippen LogP contribution in [0.2, 0.25) is 0 Å². The number of amides is 1. The van der Waals surface area contributed by atoms with Crippen LogP contribution in [0.1, 0.15) is 42.6 Å². The molecule has 0 unspecified atom stereocenters. The van der Waals surface area contributed by atoms with Crippen LogP contribution in [0.3, 0.4) is 0 Å². The van der Waals surface area contributed by atoms with Gasteiger partial charge in [-0.25, -0.2) is 4.90 Å². The molecule has 7 nitrogen and oxygen atoms in total. The standard InChI is InChI=1S/C20H28N4O3/c25-15-20(7-3-1-4-8-20)14-21-18(26)17-16-6-2-5-9-24(16)19(22-17)23-10-12-27-13-11-23/h2,5-6,9,25H,1,3-4,7-8,10-15H2,(H,21,26)/p+2. The second-order valence-corrected chi connectivity index (χ2v) is 7.92. The minimum Gasteiger partial charge on any atom is -0.396 e. The number of carbonyl (C=O) groups is 1. The van der Waals surface area contributed by atoms with Crippen LogP contribution in [0.15, 0.2) is 24.4 Å². The number of hydrogen-bond donors (Lipinski definition) is 4. The van der Waals surface area contributed by atoms with Crippen molar-refractivity contribution in [3.05, 3.63) is 30.1 Å². The Morgan fingerprint density at radius 3 is 2.78 bits per heavy atom. The summed E-state index contributed by atoms with van der Waals surface area (Å²) in [7, 11) is 0. The zero-order chi connectivity index (χ0) is 18.7. The maximum atomic E-state index is 13.0. The van der Waals surface area contributed by atoms with Crippen molar-refractivity contribution in [3.63, 3.8) is 0 Å². The van der Waals surface area contributed by atoms with Crippen molar-refractivity contribution in [1.29, 1.82) is 0 Å². The van der Waals surface area contributed by atoms with Gasteiger partial charge in [-0.05, 0) is 25.0 Å². The van der Waals surface area contributed by atoms with E-state index in [4.69, 9.17) is 4.74 Å². The highest BCUT2D eigenvalue weighted by Gasteiger charge is 2.35. The molecular formula is C20H30N4O3+2.